The molecule has 1 fully saturated rings. The molecule has 1 aliphatic heterocycles. The van der Waals surface area contributed by atoms with Crippen molar-refractivity contribution in [2.24, 2.45) is 0 Å². The molecular formula is C20H28N2O5. The molecule has 0 bridgehead atoms. The number of anilines is 1. The van der Waals surface area contributed by atoms with Crippen molar-refractivity contribution in [3.05, 3.63) is 35.1 Å². The molecule has 148 valence electrons. The zero-order valence-electron chi connectivity index (χ0n) is 16.4. The smallest absolute Gasteiger partial charge is 0.410 e. The maximum atomic E-state index is 12.2. The van der Waals surface area contributed by atoms with Crippen molar-refractivity contribution in [3.8, 4) is 5.75 Å². The number of piperidine rings is 1. The Kier molecular flexibility index (Phi) is 6.85. The predicted molar refractivity (Wildman–Crippen MR) is 103 cm³/mol. The van der Waals surface area contributed by atoms with E-state index in [9.17, 15) is 14.7 Å². The van der Waals surface area contributed by atoms with E-state index in [-0.39, 0.29) is 18.5 Å². The van der Waals surface area contributed by atoms with Crippen LogP contribution in [0.15, 0.2) is 29.5 Å². The summed E-state index contributed by atoms with van der Waals surface area (Å²) in [7, 11) is 1.73. The van der Waals surface area contributed by atoms with E-state index in [0.29, 0.717) is 49.2 Å². The average Bonchev–Trinajstić information content (AvgIpc) is 2.64. The second-order valence-corrected chi connectivity index (χ2v) is 7.35. The Labute approximate surface area is 159 Å². The highest BCUT2D eigenvalue weighted by Gasteiger charge is 2.26. The third-order valence-corrected chi connectivity index (χ3v) is 4.23. The maximum Gasteiger partial charge on any atom is 0.410 e. The molecule has 0 saturated carbocycles. The highest BCUT2D eigenvalue weighted by molar-refractivity contribution is 5.74. The van der Waals surface area contributed by atoms with E-state index in [0.717, 1.165) is 5.57 Å². The van der Waals surface area contributed by atoms with Crippen LogP contribution in [-0.4, -0.2) is 48.1 Å². The molecule has 7 heteroatoms. The van der Waals surface area contributed by atoms with Gasteiger partial charge in [0.05, 0.1) is 12.3 Å². The van der Waals surface area contributed by atoms with Crippen LogP contribution in [0.1, 0.15) is 39.2 Å². The van der Waals surface area contributed by atoms with Crippen LogP contribution in [0.3, 0.4) is 0 Å². The number of rotatable bonds is 5. The van der Waals surface area contributed by atoms with Gasteiger partial charge in [-0.2, -0.15) is 0 Å². The van der Waals surface area contributed by atoms with Crippen molar-refractivity contribution in [1.29, 1.82) is 0 Å². The van der Waals surface area contributed by atoms with Gasteiger partial charge in [0.2, 0.25) is 0 Å². The Hall–Kier alpha value is -2.54. The van der Waals surface area contributed by atoms with Crippen molar-refractivity contribution in [3.63, 3.8) is 0 Å². The van der Waals surface area contributed by atoms with Crippen LogP contribution in [0, 0.1) is 0 Å². The molecule has 2 N–H and O–H groups in total. The van der Waals surface area contributed by atoms with Crippen LogP contribution < -0.4 is 10.1 Å². The Balaban J connectivity index is 2.11. The van der Waals surface area contributed by atoms with Gasteiger partial charge in [0.1, 0.15) is 5.60 Å². The molecular weight excluding hydrogens is 348 g/mol. The normalized spacial score (nSPS) is 14.6. The van der Waals surface area contributed by atoms with Crippen LogP contribution in [0.2, 0.25) is 0 Å². The molecule has 7 nitrogen and oxygen atoms in total. The van der Waals surface area contributed by atoms with Gasteiger partial charge in [-0.3, -0.25) is 4.79 Å². The van der Waals surface area contributed by atoms with Gasteiger partial charge in [-0.25, -0.2) is 4.79 Å². The molecule has 0 radical (unpaired) electrons. The summed E-state index contributed by atoms with van der Waals surface area (Å²) in [5, 5.41) is 12.4. The number of allylic oxidation sites excluding steroid dienone is 1. The lowest BCUT2D eigenvalue weighted by Gasteiger charge is -2.31. The van der Waals surface area contributed by atoms with Crippen molar-refractivity contribution in [2.45, 2.75) is 45.8 Å². The second-order valence-electron chi connectivity index (χ2n) is 7.35. The Morgan fingerprint density at radius 1 is 1.30 bits per heavy atom. The molecule has 0 atom stereocenters. The fourth-order valence-electron chi connectivity index (χ4n) is 2.91. The summed E-state index contributed by atoms with van der Waals surface area (Å²) >= 11 is 0. The van der Waals surface area contributed by atoms with E-state index in [1.165, 1.54) is 0 Å². The molecule has 27 heavy (non-hydrogen) atoms. The first-order valence-corrected chi connectivity index (χ1v) is 9.02. The summed E-state index contributed by atoms with van der Waals surface area (Å²) in [6.07, 6.45) is 1.44. The van der Waals surface area contributed by atoms with Gasteiger partial charge in [-0.1, -0.05) is 12.1 Å². The van der Waals surface area contributed by atoms with Gasteiger partial charge in [0.25, 0.3) is 0 Å². The molecule has 1 amide bonds. The number of likely N-dealkylation sites (tertiary alicyclic amines) is 1. The van der Waals surface area contributed by atoms with Gasteiger partial charge in [-0.15, -0.1) is 0 Å². The van der Waals surface area contributed by atoms with Gasteiger partial charge < -0.3 is 24.8 Å². The van der Waals surface area contributed by atoms with Gasteiger partial charge in [0.15, 0.2) is 17.8 Å². The molecule has 1 aromatic carbocycles. The van der Waals surface area contributed by atoms with Crippen LogP contribution >= 0.6 is 0 Å². The fourth-order valence-corrected chi connectivity index (χ4v) is 2.91. The number of para-hydroxylation sites is 1. The predicted octanol–water partition coefficient (Wildman–Crippen LogP) is 3.08. The lowest BCUT2D eigenvalue weighted by Crippen LogP contribution is -2.40. The van der Waals surface area contributed by atoms with E-state index >= 15 is 0 Å². The Bertz CT molecular complexity index is 712. The molecule has 0 aromatic heterocycles. The van der Waals surface area contributed by atoms with Crippen LogP contribution in [0.5, 0.6) is 5.75 Å². The number of aliphatic hydroxyl groups is 1. The summed E-state index contributed by atoms with van der Waals surface area (Å²) in [6, 6.07) is 5.29. The van der Waals surface area contributed by atoms with Crippen LogP contribution in [0.25, 0.3) is 0 Å². The van der Waals surface area contributed by atoms with E-state index in [1.807, 2.05) is 20.8 Å². The summed E-state index contributed by atoms with van der Waals surface area (Å²) in [5.41, 5.74) is 1.66. The minimum absolute atomic E-state index is 0.134. The molecule has 2 rings (SSSR count). The van der Waals surface area contributed by atoms with Crippen molar-refractivity contribution < 1.29 is 24.2 Å². The number of nitrogens with zero attached hydrogens (tertiary/aromatic N) is 1. The Morgan fingerprint density at radius 3 is 2.48 bits per heavy atom. The van der Waals surface area contributed by atoms with E-state index in [1.54, 1.807) is 30.1 Å². The SMILES string of the molecule is CNc1c(CO)cccc1OC(C=O)=C1CCN(C(=O)OC(C)(C)C)CC1. The van der Waals surface area contributed by atoms with Gasteiger partial charge in [0, 0.05) is 25.7 Å². The number of aldehydes is 1. The first-order valence-electron chi connectivity index (χ1n) is 9.02. The lowest BCUT2D eigenvalue weighted by atomic mass is 10.0. The minimum Gasteiger partial charge on any atom is -0.452 e. The number of nitrogens with one attached hydrogen (secondary N) is 1. The number of hydrogen-bond donors (Lipinski definition) is 2. The van der Waals surface area contributed by atoms with Crippen molar-refractivity contribution in [1.82, 2.24) is 4.90 Å². The molecule has 1 saturated heterocycles. The third-order valence-electron chi connectivity index (χ3n) is 4.23. The fraction of sp³-hybridized carbons (Fsp3) is 0.500. The summed E-state index contributed by atoms with van der Waals surface area (Å²) < 4.78 is 11.2. The monoisotopic (exact) mass is 376 g/mol. The van der Waals surface area contributed by atoms with Crippen LogP contribution in [-0.2, 0) is 16.1 Å². The van der Waals surface area contributed by atoms with E-state index in [4.69, 9.17) is 9.47 Å². The van der Waals surface area contributed by atoms with Gasteiger partial charge in [-0.05, 0) is 45.3 Å². The molecule has 1 heterocycles. The summed E-state index contributed by atoms with van der Waals surface area (Å²) in [6.45, 7) is 6.31. The second kappa shape index (κ2) is 8.90. The molecule has 1 aromatic rings. The highest BCUT2D eigenvalue weighted by atomic mass is 16.6. The molecule has 0 unspecified atom stereocenters. The number of aliphatic hydroxyl groups excluding tert-OH is 1. The number of hydrogen-bond acceptors (Lipinski definition) is 6. The minimum atomic E-state index is -0.536. The number of ether oxygens (including phenoxy) is 2. The topological polar surface area (TPSA) is 88.1 Å². The zero-order valence-corrected chi connectivity index (χ0v) is 16.4. The molecule has 0 aliphatic carbocycles. The van der Waals surface area contributed by atoms with E-state index < -0.39 is 5.60 Å². The summed E-state index contributed by atoms with van der Waals surface area (Å²) in [5.74, 6) is 0.735. The lowest BCUT2D eigenvalue weighted by molar-refractivity contribution is -0.106. The van der Waals surface area contributed by atoms with Crippen molar-refractivity contribution >= 4 is 18.1 Å². The van der Waals surface area contributed by atoms with Gasteiger partial charge >= 0.3 is 6.09 Å². The zero-order chi connectivity index (χ0) is 20.0. The number of carbonyl (C=O) groups is 2. The highest BCUT2D eigenvalue weighted by Crippen LogP contribution is 2.31. The average molecular weight is 376 g/mol. The quantitative estimate of drug-likeness (QED) is 0.466. The number of amides is 1. The third kappa shape index (κ3) is 5.47. The first-order chi connectivity index (χ1) is 12.8. The van der Waals surface area contributed by atoms with Crippen molar-refractivity contribution in [2.75, 3.05) is 25.5 Å². The summed E-state index contributed by atoms with van der Waals surface area (Å²) in [4.78, 5) is 25.4. The molecule has 0 spiro atoms. The largest absolute Gasteiger partial charge is 0.452 e. The first kappa shape index (κ1) is 20.8. The molecule has 1 aliphatic rings. The Morgan fingerprint density at radius 2 is 1.96 bits per heavy atom. The number of benzene rings is 1. The number of carbonyl (C=O) groups excluding carboxylic acids is 2. The van der Waals surface area contributed by atoms with Crippen LogP contribution in [0.4, 0.5) is 10.5 Å². The maximum absolute atomic E-state index is 12.2. The van der Waals surface area contributed by atoms with E-state index in [2.05, 4.69) is 5.32 Å². The standard InChI is InChI=1S/C20H28N2O5/c1-20(2,3)27-19(25)22-10-8-14(9-11-22)17(13-24)26-16-7-5-6-15(12-23)18(16)21-4/h5-7,13,21,23H,8-12H2,1-4H3.